The normalized spacial score (nSPS) is 20.0. The molecule has 7 heteroatoms. The Hall–Kier alpha value is -2.20. The van der Waals surface area contributed by atoms with Crippen molar-refractivity contribution in [3.8, 4) is 12.3 Å². The van der Waals surface area contributed by atoms with Crippen LogP contribution >= 0.6 is 0 Å². The zero-order valence-electron chi connectivity index (χ0n) is 14.7. The van der Waals surface area contributed by atoms with Crippen LogP contribution < -0.4 is 5.32 Å². The van der Waals surface area contributed by atoms with Gasteiger partial charge < -0.3 is 15.0 Å². The summed E-state index contributed by atoms with van der Waals surface area (Å²) in [7, 11) is 0. The molecule has 25 heavy (non-hydrogen) atoms. The van der Waals surface area contributed by atoms with E-state index in [4.69, 9.17) is 6.42 Å². The molecular formula is C18H25N5O2. The third-order valence-corrected chi connectivity index (χ3v) is 5.01. The third-order valence-electron chi connectivity index (χ3n) is 5.01. The molecule has 134 valence electrons. The van der Waals surface area contributed by atoms with Gasteiger partial charge in [0.1, 0.15) is 5.82 Å². The Morgan fingerprint density at radius 2 is 2.28 bits per heavy atom. The minimum Gasteiger partial charge on any atom is -0.395 e. The summed E-state index contributed by atoms with van der Waals surface area (Å²) in [6.07, 6.45) is 10.2. The summed E-state index contributed by atoms with van der Waals surface area (Å²) < 4.78 is 2.08. The summed E-state index contributed by atoms with van der Waals surface area (Å²) in [4.78, 5) is 16.9. The summed E-state index contributed by atoms with van der Waals surface area (Å²) >= 11 is 0. The van der Waals surface area contributed by atoms with E-state index < -0.39 is 5.66 Å². The molecule has 2 aliphatic rings. The van der Waals surface area contributed by atoms with E-state index in [1.807, 2.05) is 6.92 Å². The van der Waals surface area contributed by atoms with Crippen LogP contribution in [0.25, 0.3) is 0 Å². The standard InChI is InChI=1S/C18H25N5O2/c1-3-4-8-18(21-22-18)9-7-17(25)20-14-5-6-16-15(12-14)19-13(2)23(16)10-11-24/h1,14,24H,4-12H2,2H3,(H,20,25). The SMILES string of the molecule is C#CCCC1(CCC(=O)NC2CCc3c(nc(C)n3CCO)C2)N=N1. The van der Waals surface area contributed by atoms with Crippen LogP contribution in [0.1, 0.15) is 49.3 Å². The van der Waals surface area contributed by atoms with Crippen LogP contribution in [-0.4, -0.2) is 38.9 Å². The molecule has 1 unspecified atom stereocenters. The van der Waals surface area contributed by atoms with E-state index >= 15 is 0 Å². The van der Waals surface area contributed by atoms with Gasteiger partial charge in [-0.15, -0.1) is 12.3 Å². The van der Waals surface area contributed by atoms with E-state index in [2.05, 4.69) is 31.0 Å². The van der Waals surface area contributed by atoms with Gasteiger partial charge in [0.25, 0.3) is 0 Å². The topological polar surface area (TPSA) is 91.9 Å². The van der Waals surface area contributed by atoms with E-state index in [9.17, 15) is 9.90 Å². The number of aromatic nitrogens is 2. The number of nitrogens with zero attached hydrogens (tertiary/aromatic N) is 4. The number of aliphatic hydroxyl groups excluding tert-OH is 1. The van der Waals surface area contributed by atoms with Crippen molar-refractivity contribution in [2.75, 3.05) is 6.61 Å². The van der Waals surface area contributed by atoms with Crippen LogP contribution in [0, 0.1) is 19.3 Å². The second kappa shape index (κ2) is 7.36. The summed E-state index contributed by atoms with van der Waals surface area (Å²) in [6.45, 7) is 2.65. The first-order valence-corrected chi connectivity index (χ1v) is 8.89. The quantitative estimate of drug-likeness (QED) is 0.701. The lowest BCUT2D eigenvalue weighted by Gasteiger charge is -2.24. The number of terminal acetylenes is 1. The van der Waals surface area contributed by atoms with Gasteiger partial charge in [-0.1, -0.05) is 0 Å². The maximum absolute atomic E-state index is 12.3. The van der Waals surface area contributed by atoms with Crippen molar-refractivity contribution >= 4 is 5.91 Å². The molecule has 0 saturated carbocycles. The molecule has 0 spiro atoms. The molecule has 0 radical (unpaired) electrons. The maximum atomic E-state index is 12.3. The zero-order chi connectivity index (χ0) is 17.9. The van der Waals surface area contributed by atoms with Crippen LogP contribution in [0.3, 0.4) is 0 Å². The lowest BCUT2D eigenvalue weighted by Crippen LogP contribution is -2.39. The van der Waals surface area contributed by atoms with Crippen LogP contribution in [0.5, 0.6) is 0 Å². The second-order valence-corrected chi connectivity index (χ2v) is 6.82. The highest BCUT2D eigenvalue weighted by Gasteiger charge is 2.39. The highest BCUT2D eigenvalue weighted by Crippen LogP contribution is 2.37. The highest BCUT2D eigenvalue weighted by molar-refractivity contribution is 5.76. The summed E-state index contributed by atoms with van der Waals surface area (Å²) in [5.74, 6) is 3.57. The molecule has 0 saturated heterocycles. The van der Waals surface area contributed by atoms with Crippen LogP contribution in [0.15, 0.2) is 10.2 Å². The Kier molecular flexibility index (Phi) is 5.19. The maximum Gasteiger partial charge on any atom is 0.220 e. The number of aliphatic hydroxyl groups is 1. The van der Waals surface area contributed by atoms with Gasteiger partial charge in [0.15, 0.2) is 5.66 Å². The van der Waals surface area contributed by atoms with Crippen molar-refractivity contribution in [1.29, 1.82) is 0 Å². The summed E-state index contributed by atoms with van der Waals surface area (Å²) in [5, 5.41) is 20.4. The van der Waals surface area contributed by atoms with Crippen molar-refractivity contribution in [3.63, 3.8) is 0 Å². The van der Waals surface area contributed by atoms with Crippen molar-refractivity contribution in [3.05, 3.63) is 17.2 Å². The molecule has 0 bridgehead atoms. The largest absolute Gasteiger partial charge is 0.395 e. The second-order valence-electron chi connectivity index (χ2n) is 6.82. The molecule has 0 aromatic carbocycles. The molecule has 1 amide bonds. The average Bonchev–Trinajstić information content (AvgIpc) is 3.30. The highest BCUT2D eigenvalue weighted by atomic mass is 16.3. The first kappa shape index (κ1) is 17.6. The Labute approximate surface area is 147 Å². The van der Waals surface area contributed by atoms with Gasteiger partial charge in [-0.2, -0.15) is 10.2 Å². The molecule has 3 rings (SSSR count). The van der Waals surface area contributed by atoms with Crippen LogP contribution in [0.2, 0.25) is 0 Å². The van der Waals surface area contributed by atoms with Crippen molar-refractivity contribution < 1.29 is 9.90 Å². The fourth-order valence-corrected chi connectivity index (χ4v) is 3.56. The summed E-state index contributed by atoms with van der Waals surface area (Å²) in [6, 6.07) is 0.117. The van der Waals surface area contributed by atoms with Gasteiger partial charge in [0, 0.05) is 50.4 Å². The first-order valence-electron chi connectivity index (χ1n) is 8.89. The predicted molar refractivity (Wildman–Crippen MR) is 92.9 cm³/mol. The van der Waals surface area contributed by atoms with Gasteiger partial charge >= 0.3 is 0 Å². The molecule has 1 aliphatic heterocycles. The Bertz CT molecular complexity index is 710. The number of carbonyl (C=O) groups is 1. The lowest BCUT2D eigenvalue weighted by molar-refractivity contribution is -0.122. The molecule has 1 atom stereocenters. The monoisotopic (exact) mass is 343 g/mol. The third kappa shape index (κ3) is 4.07. The smallest absolute Gasteiger partial charge is 0.220 e. The summed E-state index contributed by atoms with van der Waals surface area (Å²) in [5.41, 5.74) is 1.84. The average molecular weight is 343 g/mol. The number of aryl methyl sites for hydroxylation is 1. The van der Waals surface area contributed by atoms with Gasteiger partial charge in [-0.25, -0.2) is 4.98 Å². The van der Waals surface area contributed by atoms with Crippen molar-refractivity contribution in [2.45, 2.75) is 70.1 Å². The Balaban J connectivity index is 1.49. The number of imidazole rings is 1. The van der Waals surface area contributed by atoms with Gasteiger partial charge in [0.05, 0.1) is 12.3 Å². The fourth-order valence-electron chi connectivity index (χ4n) is 3.56. The molecule has 1 aromatic rings. The van der Waals surface area contributed by atoms with Gasteiger partial charge in [0.2, 0.25) is 5.91 Å². The number of hydrogen-bond acceptors (Lipinski definition) is 5. The number of amides is 1. The number of carbonyl (C=O) groups excluding carboxylic acids is 1. The van der Waals surface area contributed by atoms with Crippen LogP contribution in [-0.2, 0) is 24.2 Å². The van der Waals surface area contributed by atoms with E-state index in [0.29, 0.717) is 25.8 Å². The molecular weight excluding hydrogens is 318 g/mol. The number of rotatable bonds is 8. The predicted octanol–water partition coefficient (Wildman–Crippen LogP) is 1.51. The number of hydrogen-bond donors (Lipinski definition) is 2. The Morgan fingerprint density at radius 1 is 1.48 bits per heavy atom. The van der Waals surface area contributed by atoms with E-state index in [1.165, 1.54) is 5.69 Å². The van der Waals surface area contributed by atoms with Gasteiger partial charge in [-0.3, -0.25) is 4.79 Å². The molecule has 0 fully saturated rings. The molecule has 1 aromatic heterocycles. The van der Waals surface area contributed by atoms with Crippen LogP contribution in [0.4, 0.5) is 0 Å². The van der Waals surface area contributed by atoms with E-state index in [0.717, 1.165) is 37.2 Å². The van der Waals surface area contributed by atoms with Crippen molar-refractivity contribution in [2.24, 2.45) is 10.2 Å². The van der Waals surface area contributed by atoms with E-state index in [1.54, 1.807) is 0 Å². The minimum absolute atomic E-state index is 0.0392. The number of nitrogens with one attached hydrogen (secondary N) is 1. The van der Waals surface area contributed by atoms with Gasteiger partial charge in [-0.05, 0) is 19.8 Å². The zero-order valence-corrected chi connectivity index (χ0v) is 14.7. The first-order chi connectivity index (χ1) is 12.1. The molecule has 1 aliphatic carbocycles. The number of fused-ring (bicyclic) bond motifs is 1. The van der Waals surface area contributed by atoms with Crippen molar-refractivity contribution in [1.82, 2.24) is 14.9 Å². The minimum atomic E-state index is -0.399. The van der Waals surface area contributed by atoms with E-state index in [-0.39, 0.29) is 18.6 Å². The molecule has 2 heterocycles. The molecule has 2 N–H and O–H groups in total. The Morgan fingerprint density at radius 3 is 2.96 bits per heavy atom. The molecule has 7 nitrogen and oxygen atoms in total. The lowest BCUT2D eigenvalue weighted by atomic mass is 9.95. The fraction of sp³-hybridized carbons (Fsp3) is 0.667.